The van der Waals surface area contributed by atoms with Crippen LogP contribution in [0.3, 0.4) is 0 Å². The normalized spacial score (nSPS) is 16.8. The number of hydrogen-bond donors (Lipinski definition) is 0. The van der Waals surface area contributed by atoms with Crippen molar-refractivity contribution in [2.45, 2.75) is 51.2 Å². The zero-order chi connectivity index (χ0) is 20.7. The lowest BCUT2D eigenvalue weighted by atomic mass is 9.94. The number of para-hydroxylation sites is 1. The summed E-state index contributed by atoms with van der Waals surface area (Å²) >= 11 is 0. The summed E-state index contributed by atoms with van der Waals surface area (Å²) in [5.41, 5.74) is 2.48. The number of aromatic nitrogens is 1. The van der Waals surface area contributed by atoms with Crippen molar-refractivity contribution in [3.63, 3.8) is 0 Å². The van der Waals surface area contributed by atoms with Gasteiger partial charge in [-0.3, -0.25) is 9.59 Å². The fourth-order valence-corrected chi connectivity index (χ4v) is 4.79. The molecule has 0 atom stereocenters. The minimum Gasteiger partial charge on any atom is -0.467 e. The van der Waals surface area contributed by atoms with Crippen molar-refractivity contribution in [2.24, 2.45) is 0 Å². The van der Waals surface area contributed by atoms with Crippen molar-refractivity contribution in [2.75, 3.05) is 7.05 Å². The van der Waals surface area contributed by atoms with Crippen molar-refractivity contribution in [3.8, 4) is 0 Å². The smallest absolute Gasteiger partial charge is 0.273 e. The predicted molar refractivity (Wildman–Crippen MR) is 113 cm³/mol. The average molecular weight is 403 g/mol. The maximum atomic E-state index is 13.6. The van der Waals surface area contributed by atoms with Gasteiger partial charge >= 0.3 is 0 Å². The minimum atomic E-state index is -0.112. The summed E-state index contributed by atoms with van der Waals surface area (Å²) in [7, 11) is 1.77. The van der Waals surface area contributed by atoms with Crippen LogP contribution in [0.4, 0.5) is 0 Å². The molecule has 0 spiro atoms. The number of nitrogens with zero attached hydrogens (tertiary/aromatic N) is 3. The molecular weight excluding hydrogens is 378 g/mol. The Balaban J connectivity index is 1.56. The maximum absolute atomic E-state index is 13.6. The molecule has 6 nitrogen and oxygen atoms in total. The van der Waals surface area contributed by atoms with Gasteiger partial charge in [0.05, 0.1) is 23.9 Å². The van der Waals surface area contributed by atoms with E-state index in [9.17, 15) is 9.59 Å². The zero-order valence-electron chi connectivity index (χ0n) is 17.1. The van der Waals surface area contributed by atoms with Gasteiger partial charge in [-0.25, -0.2) is 4.98 Å². The average Bonchev–Trinajstić information content (AvgIpc) is 3.40. The van der Waals surface area contributed by atoms with Gasteiger partial charge in [-0.1, -0.05) is 37.5 Å². The van der Waals surface area contributed by atoms with Gasteiger partial charge in [0.1, 0.15) is 11.5 Å². The second-order valence-corrected chi connectivity index (χ2v) is 8.30. The fraction of sp³-hybridized carbons (Fsp3) is 0.375. The molecule has 154 valence electrons. The van der Waals surface area contributed by atoms with Crippen LogP contribution in [-0.4, -0.2) is 39.7 Å². The van der Waals surface area contributed by atoms with Gasteiger partial charge in [-0.05, 0) is 31.0 Å². The molecule has 1 saturated carbocycles. The SMILES string of the molecule is CN(Cc1ccco1)C(=O)c1c2c(nc3ccccc13)C(=O)N(C1CCCCC1)C2. The number of fused-ring (bicyclic) bond motifs is 2. The standard InChI is InChI=1S/C24H25N3O3/c1-26(14-17-10-7-13-30-17)23(28)21-18-11-5-6-12-20(18)25-22-19(21)15-27(24(22)29)16-8-3-2-4-9-16/h5-7,10-13,16H,2-4,8-9,14-15H2,1H3. The van der Waals surface area contributed by atoms with Crippen molar-refractivity contribution in [3.05, 3.63) is 65.2 Å². The molecule has 3 heterocycles. The predicted octanol–water partition coefficient (Wildman–Crippen LogP) is 4.39. The van der Waals surface area contributed by atoms with Crippen molar-refractivity contribution < 1.29 is 14.0 Å². The number of amides is 2. The zero-order valence-corrected chi connectivity index (χ0v) is 17.1. The highest BCUT2D eigenvalue weighted by molar-refractivity contribution is 6.11. The van der Waals surface area contributed by atoms with E-state index in [1.165, 1.54) is 6.42 Å². The Hall–Kier alpha value is -3.15. The first-order chi connectivity index (χ1) is 14.6. The Morgan fingerprint density at radius 3 is 2.73 bits per heavy atom. The van der Waals surface area contributed by atoms with Crippen LogP contribution in [0.2, 0.25) is 0 Å². The summed E-state index contributed by atoms with van der Waals surface area (Å²) in [5, 5.41) is 0.797. The third-order valence-corrected chi connectivity index (χ3v) is 6.33. The highest BCUT2D eigenvalue weighted by Crippen LogP contribution is 2.35. The summed E-state index contributed by atoms with van der Waals surface area (Å²) in [6, 6.07) is 11.5. The van der Waals surface area contributed by atoms with Crippen LogP contribution >= 0.6 is 0 Å². The molecule has 0 radical (unpaired) electrons. The van der Waals surface area contributed by atoms with Gasteiger partial charge in [-0.15, -0.1) is 0 Å². The highest BCUT2D eigenvalue weighted by atomic mass is 16.3. The van der Waals surface area contributed by atoms with Crippen molar-refractivity contribution in [1.29, 1.82) is 0 Å². The molecule has 2 aromatic heterocycles. The van der Waals surface area contributed by atoms with Crippen molar-refractivity contribution >= 4 is 22.7 Å². The second-order valence-electron chi connectivity index (χ2n) is 8.30. The van der Waals surface area contributed by atoms with E-state index in [2.05, 4.69) is 4.98 Å². The van der Waals surface area contributed by atoms with Crippen LogP contribution in [0.1, 0.15) is 64.3 Å². The number of rotatable bonds is 4. The van der Waals surface area contributed by atoms with Gasteiger partial charge in [0.15, 0.2) is 0 Å². The van der Waals surface area contributed by atoms with E-state index in [1.807, 2.05) is 41.3 Å². The van der Waals surface area contributed by atoms with E-state index in [-0.39, 0.29) is 17.9 Å². The molecule has 0 N–H and O–H groups in total. The van der Waals surface area contributed by atoms with Crippen LogP contribution < -0.4 is 0 Å². The molecule has 0 unspecified atom stereocenters. The number of furan rings is 1. The summed E-state index contributed by atoms with van der Waals surface area (Å²) in [5.74, 6) is 0.575. The van der Waals surface area contributed by atoms with Crippen LogP contribution in [0.15, 0.2) is 47.1 Å². The number of pyridine rings is 1. The summed E-state index contributed by atoms with van der Waals surface area (Å²) in [6.45, 7) is 0.837. The van der Waals surface area contributed by atoms with Gasteiger partial charge < -0.3 is 14.2 Å². The third kappa shape index (κ3) is 3.16. The molecule has 0 bridgehead atoms. The van der Waals surface area contributed by atoms with Crippen molar-refractivity contribution in [1.82, 2.24) is 14.8 Å². The third-order valence-electron chi connectivity index (χ3n) is 6.33. The van der Waals surface area contributed by atoms with E-state index >= 15 is 0 Å². The van der Waals surface area contributed by atoms with Gasteiger partial charge in [-0.2, -0.15) is 0 Å². The molecule has 6 heteroatoms. The first kappa shape index (κ1) is 18.9. The largest absolute Gasteiger partial charge is 0.467 e. The van der Waals surface area contributed by atoms with Crippen LogP contribution in [-0.2, 0) is 13.1 Å². The molecule has 1 aliphatic heterocycles. The Morgan fingerprint density at radius 2 is 1.97 bits per heavy atom. The van der Waals surface area contributed by atoms with Crippen LogP contribution in [0.25, 0.3) is 10.9 Å². The molecule has 2 amide bonds. The number of carbonyl (C=O) groups is 2. The number of benzene rings is 1. The highest BCUT2D eigenvalue weighted by Gasteiger charge is 2.38. The topological polar surface area (TPSA) is 66.7 Å². The maximum Gasteiger partial charge on any atom is 0.273 e. The molecular formula is C24H25N3O3. The second kappa shape index (κ2) is 7.59. The fourth-order valence-electron chi connectivity index (χ4n) is 4.79. The monoisotopic (exact) mass is 403 g/mol. The Kier molecular flexibility index (Phi) is 4.77. The molecule has 1 aliphatic carbocycles. The molecule has 1 fully saturated rings. The van der Waals surface area contributed by atoms with Crippen LogP contribution in [0, 0.1) is 0 Å². The minimum absolute atomic E-state index is 0.0367. The lowest BCUT2D eigenvalue weighted by Crippen LogP contribution is -2.37. The number of hydrogen-bond acceptors (Lipinski definition) is 4. The molecule has 30 heavy (non-hydrogen) atoms. The lowest BCUT2D eigenvalue weighted by molar-refractivity contribution is 0.0653. The van der Waals surface area contributed by atoms with Gasteiger partial charge in [0, 0.05) is 30.6 Å². The summed E-state index contributed by atoms with van der Waals surface area (Å²) in [6.07, 6.45) is 7.19. The first-order valence-corrected chi connectivity index (χ1v) is 10.6. The van der Waals surface area contributed by atoms with Crippen LogP contribution in [0.5, 0.6) is 0 Å². The van der Waals surface area contributed by atoms with E-state index in [0.29, 0.717) is 29.9 Å². The van der Waals surface area contributed by atoms with Gasteiger partial charge in [0.25, 0.3) is 11.8 Å². The summed E-state index contributed by atoms with van der Waals surface area (Å²) in [4.78, 5) is 35.1. The van der Waals surface area contributed by atoms with Gasteiger partial charge in [0.2, 0.25) is 0 Å². The van der Waals surface area contributed by atoms with E-state index in [4.69, 9.17) is 4.42 Å². The Labute approximate surface area is 175 Å². The molecule has 3 aromatic rings. The van der Waals surface area contributed by atoms with E-state index < -0.39 is 0 Å². The lowest BCUT2D eigenvalue weighted by Gasteiger charge is -2.30. The molecule has 5 rings (SSSR count). The molecule has 0 saturated heterocycles. The van der Waals surface area contributed by atoms with E-state index in [1.54, 1.807) is 18.2 Å². The Bertz CT molecular complexity index is 1100. The number of carbonyl (C=O) groups excluding carboxylic acids is 2. The first-order valence-electron chi connectivity index (χ1n) is 10.6. The Morgan fingerprint density at radius 1 is 1.17 bits per heavy atom. The quantitative estimate of drug-likeness (QED) is 0.648. The molecule has 2 aliphatic rings. The molecule has 1 aromatic carbocycles. The summed E-state index contributed by atoms with van der Waals surface area (Å²) < 4.78 is 5.42. The van der Waals surface area contributed by atoms with E-state index in [0.717, 1.165) is 42.4 Å².